The molecule has 4 aromatic rings. The summed E-state index contributed by atoms with van der Waals surface area (Å²) < 4.78 is 11.0. The number of methoxy groups -OCH3 is 1. The molecule has 160 valence electrons. The summed E-state index contributed by atoms with van der Waals surface area (Å²) in [6.07, 6.45) is 0. The number of ether oxygens (including phenoxy) is 2. The average molecular weight is 442 g/mol. The molecule has 1 amide bonds. The number of hydrogen-bond acceptors (Lipinski definition) is 4. The fourth-order valence-corrected chi connectivity index (χ4v) is 3.88. The second kappa shape index (κ2) is 10.6. The summed E-state index contributed by atoms with van der Waals surface area (Å²) in [5.41, 5.74) is 2.51. The van der Waals surface area contributed by atoms with Crippen molar-refractivity contribution >= 4 is 23.4 Å². The molecule has 0 unspecified atom stereocenters. The molecule has 32 heavy (non-hydrogen) atoms. The van der Waals surface area contributed by atoms with E-state index in [1.165, 1.54) is 0 Å². The van der Waals surface area contributed by atoms with Crippen molar-refractivity contribution in [3.63, 3.8) is 0 Å². The van der Waals surface area contributed by atoms with Crippen LogP contribution in [0.1, 0.15) is 15.9 Å². The van der Waals surface area contributed by atoms with Gasteiger partial charge in [-0.15, -0.1) is 11.8 Å². The van der Waals surface area contributed by atoms with E-state index >= 15 is 0 Å². The molecule has 0 atom stereocenters. The lowest BCUT2D eigenvalue weighted by molar-refractivity contribution is 0.102. The van der Waals surface area contributed by atoms with Crippen molar-refractivity contribution in [2.75, 3.05) is 12.4 Å². The third kappa shape index (κ3) is 5.93. The van der Waals surface area contributed by atoms with Crippen LogP contribution in [-0.4, -0.2) is 13.0 Å². The molecular formula is C27H23NO3S. The Balaban J connectivity index is 1.29. The van der Waals surface area contributed by atoms with Crippen molar-refractivity contribution in [1.29, 1.82) is 0 Å². The molecule has 0 saturated heterocycles. The average Bonchev–Trinajstić information content (AvgIpc) is 2.85. The van der Waals surface area contributed by atoms with E-state index in [0.29, 0.717) is 5.56 Å². The molecule has 0 aliphatic heterocycles. The standard InChI is InChI=1S/C27H23NO3S/c1-30-23-13-11-22(12-14-23)28-27(29)21-9-7-20(8-10-21)19-32-26-17-15-25(16-18-26)31-24-5-3-2-4-6-24/h2-18H,19H2,1H3,(H,28,29). The fourth-order valence-electron chi connectivity index (χ4n) is 3.03. The van der Waals surface area contributed by atoms with Gasteiger partial charge in [-0.05, 0) is 78.4 Å². The first-order chi connectivity index (χ1) is 15.7. The number of amides is 1. The lowest BCUT2D eigenvalue weighted by Crippen LogP contribution is -2.11. The maximum absolute atomic E-state index is 12.5. The Hall–Kier alpha value is -3.70. The van der Waals surface area contributed by atoms with Gasteiger partial charge in [0.15, 0.2) is 0 Å². The SMILES string of the molecule is COc1ccc(NC(=O)c2ccc(CSc3ccc(Oc4ccccc4)cc3)cc2)cc1. The number of carbonyl (C=O) groups is 1. The first-order valence-electron chi connectivity index (χ1n) is 10.2. The van der Waals surface area contributed by atoms with Gasteiger partial charge in [-0.3, -0.25) is 4.79 Å². The van der Waals surface area contributed by atoms with Gasteiger partial charge in [-0.1, -0.05) is 30.3 Å². The van der Waals surface area contributed by atoms with E-state index in [1.807, 2.05) is 91.0 Å². The highest BCUT2D eigenvalue weighted by Crippen LogP contribution is 2.27. The van der Waals surface area contributed by atoms with Gasteiger partial charge in [0.25, 0.3) is 5.91 Å². The van der Waals surface area contributed by atoms with Gasteiger partial charge in [0.1, 0.15) is 17.2 Å². The van der Waals surface area contributed by atoms with E-state index in [0.717, 1.165) is 39.1 Å². The number of benzene rings is 4. The molecule has 4 nitrogen and oxygen atoms in total. The number of carbonyl (C=O) groups excluding carboxylic acids is 1. The largest absolute Gasteiger partial charge is 0.497 e. The number of rotatable bonds is 8. The minimum Gasteiger partial charge on any atom is -0.497 e. The molecule has 0 saturated carbocycles. The zero-order chi connectivity index (χ0) is 22.2. The third-order valence-electron chi connectivity index (χ3n) is 4.77. The third-order valence-corrected chi connectivity index (χ3v) is 5.86. The number of hydrogen-bond donors (Lipinski definition) is 1. The van der Waals surface area contributed by atoms with Crippen molar-refractivity contribution in [3.8, 4) is 17.2 Å². The summed E-state index contributed by atoms with van der Waals surface area (Å²) in [5, 5.41) is 2.90. The summed E-state index contributed by atoms with van der Waals surface area (Å²) in [5.74, 6) is 3.07. The molecule has 0 fully saturated rings. The number of para-hydroxylation sites is 1. The lowest BCUT2D eigenvalue weighted by Gasteiger charge is -2.08. The Kier molecular flexibility index (Phi) is 7.10. The van der Waals surface area contributed by atoms with Crippen LogP contribution in [0, 0.1) is 0 Å². The Labute approximate surface area is 192 Å². The molecule has 0 spiro atoms. The second-order valence-corrected chi connectivity index (χ2v) is 8.10. The predicted molar refractivity (Wildman–Crippen MR) is 130 cm³/mol. The van der Waals surface area contributed by atoms with Gasteiger partial charge >= 0.3 is 0 Å². The van der Waals surface area contributed by atoms with Crippen LogP contribution in [0.5, 0.6) is 17.2 Å². The zero-order valence-electron chi connectivity index (χ0n) is 17.7. The molecule has 0 aromatic heterocycles. The summed E-state index contributed by atoms with van der Waals surface area (Å²) in [6, 6.07) is 32.7. The van der Waals surface area contributed by atoms with Gasteiger partial charge in [-0.2, -0.15) is 0 Å². The van der Waals surface area contributed by atoms with Crippen molar-refractivity contribution in [3.05, 3.63) is 114 Å². The fraction of sp³-hybridized carbons (Fsp3) is 0.0741. The van der Waals surface area contributed by atoms with Crippen molar-refractivity contribution in [2.24, 2.45) is 0 Å². The van der Waals surface area contributed by atoms with Crippen molar-refractivity contribution in [2.45, 2.75) is 10.6 Å². The summed E-state index contributed by atoms with van der Waals surface area (Å²) in [6.45, 7) is 0. The zero-order valence-corrected chi connectivity index (χ0v) is 18.5. The van der Waals surface area contributed by atoms with Crippen LogP contribution in [0.2, 0.25) is 0 Å². The number of thioether (sulfide) groups is 1. The summed E-state index contributed by atoms with van der Waals surface area (Å²) in [4.78, 5) is 13.6. The van der Waals surface area contributed by atoms with Gasteiger partial charge in [0.2, 0.25) is 0 Å². The number of anilines is 1. The van der Waals surface area contributed by atoms with Crippen LogP contribution in [0.3, 0.4) is 0 Å². The highest BCUT2D eigenvalue weighted by molar-refractivity contribution is 7.98. The topological polar surface area (TPSA) is 47.6 Å². The lowest BCUT2D eigenvalue weighted by atomic mass is 10.1. The Morgan fingerprint density at radius 2 is 1.38 bits per heavy atom. The summed E-state index contributed by atoms with van der Waals surface area (Å²) in [7, 11) is 1.61. The normalized spacial score (nSPS) is 10.4. The molecule has 0 aliphatic rings. The molecule has 0 heterocycles. The Morgan fingerprint density at radius 1 is 0.750 bits per heavy atom. The highest BCUT2D eigenvalue weighted by Gasteiger charge is 2.07. The maximum Gasteiger partial charge on any atom is 0.255 e. The minimum atomic E-state index is -0.136. The first kappa shape index (κ1) is 21.5. The van der Waals surface area contributed by atoms with Crippen molar-refractivity contribution < 1.29 is 14.3 Å². The summed E-state index contributed by atoms with van der Waals surface area (Å²) >= 11 is 1.74. The first-order valence-corrected chi connectivity index (χ1v) is 11.2. The smallest absolute Gasteiger partial charge is 0.255 e. The van der Waals surface area contributed by atoms with E-state index < -0.39 is 0 Å². The van der Waals surface area contributed by atoms with Gasteiger partial charge in [0, 0.05) is 21.9 Å². The minimum absolute atomic E-state index is 0.136. The van der Waals surface area contributed by atoms with E-state index in [4.69, 9.17) is 9.47 Å². The Morgan fingerprint density at radius 3 is 2.03 bits per heavy atom. The molecule has 0 aliphatic carbocycles. The van der Waals surface area contributed by atoms with E-state index in [2.05, 4.69) is 17.4 Å². The molecule has 5 heteroatoms. The molecular weight excluding hydrogens is 418 g/mol. The molecule has 4 aromatic carbocycles. The molecule has 1 N–H and O–H groups in total. The van der Waals surface area contributed by atoms with Gasteiger partial charge in [0.05, 0.1) is 7.11 Å². The molecule has 4 rings (SSSR count). The monoisotopic (exact) mass is 441 g/mol. The van der Waals surface area contributed by atoms with Crippen molar-refractivity contribution in [1.82, 2.24) is 0 Å². The molecule has 0 bridgehead atoms. The van der Waals surface area contributed by atoms with Crippen LogP contribution in [-0.2, 0) is 5.75 Å². The number of nitrogens with one attached hydrogen (secondary N) is 1. The predicted octanol–water partition coefficient (Wildman–Crippen LogP) is 7.03. The second-order valence-electron chi connectivity index (χ2n) is 7.05. The van der Waals surface area contributed by atoms with Crippen LogP contribution in [0.25, 0.3) is 0 Å². The maximum atomic E-state index is 12.5. The molecule has 0 radical (unpaired) electrons. The van der Waals surface area contributed by atoms with Crippen LogP contribution >= 0.6 is 11.8 Å². The van der Waals surface area contributed by atoms with Gasteiger partial charge < -0.3 is 14.8 Å². The van der Waals surface area contributed by atoms with Crippen LogP contribution in [0.15, 0.2) is 108 Å². The van der Waals surface area contributed by atoms with E-state index in [9.17, 15) is 4.79 Å². The van der Waals surface area contributed by atoms with Crippen LogP contribution in [0.4, 0.5) is 5.69 Å². The van der Waals surface area contributed by atoms with Gasteiger partial charge in [-0.25, -0.2) is 0 Å². The van der Waals surface area contributed by atoms with Crippen LogP contribution < -0.4 is 14.8 Å². The highest BCUT2D eigenvalue weighted by atomic mass is 32.2. The van der Waals surface area contributed by atoms with E-state index in [-0.39, 0.29) is 5.91 Å². The quantitative estimate of drug-likeness (QED) is 0.298. The van der Waals surface area contributed by atoms with E-state index in [1.54, 1.807) is 18.9 Å². The Bertz CT molecular complexity index is 1140.